The Balaban J connectivity index is 1.73. The summed E-state index contributed by atoms with van der Waals surface area (Å²) in [6.07, 6.45) is 2.32. The molecule has 1 atom stereocenters. The predicted molar refractivity (Wildman–Crippen MR) is 83.3 cm³/mol. The van der Waals surface area contributed by atoms with Gasteiger partial charge in [0.25, 0.3) is 5.91 Å². The molecule has 0 N–H and O–H groups in total. The van der Waals surface area contributed by atoms with Gasteiger partial charge in [-0.2, -0.15) is 0 Å². The highest BCUT2D eigenvalue weighted by molar-refractivity contribution is 5.99. The zero-order valence-corrected chi connectivity index (χ0v) is 12.5. The molecule has 1 aromatic carbocycles. The molecule has 1 aromatic heterocycles. The maximum atomic E-state index is 12.6. The molecule has 114 valence electrons. The van der Waals surface area contributed by atoms with Crippen molar-refractivity contribution in [2.45, 2.75) is 25.4 Å². The first-order chi connectivity index (χ1) is 10.8. The number of aromatic nitrogens is 1. The zero-order chi connectivity index (χ0) is 15.1. The fraction of sp³-hybridized carbons (Fsp3) is 0.412. The second-order valence-corrected chi connectivity index (χ2v) is 5.77. The first-order valence-electron chi connectivity index (χ1n) is 7.67. The van der Waals surface area contributed by atoms with Crippen LogP contribution >= 0.6 is 0 Å². The maximum Gasteiger partial charge on any atom is 0.257 e. The van der Waals surface area contributed by atoms with Crippen LogP contribution in [0.2, 0.25) is 0 Å². The van der Waals surface area contributed by atoms with Gasteiger partial charge in [0, 0.05) is 24.6 Å². The standard InChI is InChI=1S/C17H18N2O3/c1-21-13-5-4-11-9-12-6-7-19(16(12)18-14(11)10-13)17(20)15-3-2-8-22-15/h4-5,9-10,15H,2-3,6-8H2,1H3. The van der Waals surface area contributed by atoms with E-state index in [1.54, 1.807) is 12.0 Å². The third-order valence-electron chi connectivity index (χ3n) is 4.41. The quantitative estimate of drug-likeness (QED) is 0.854. The van der Waals surface area contributed by atoms with Gasteiger partial charge in [0.2, 0.25) is 0 Å². The average molecular weight is 298 g/mol. The largest absolute Gasteiger partial charge is 0.497 e. The van der Waals surface area contributed by atoms with Crippen LogP contribution in [0, 0.1) is 0 Å². The monoisotopic (exact) mass is 298 g/mol. The van der Waals surface area contributed by atoms with E-state index in [2.05, 4.69) is 6.07 Å². The first kappa shape index (κ1) is 13.5. The van der Waals surface area contributed by atoms with Gasteiger partial charge in [-0.1, -0.05) is 0 Å². The van der Waals surface area contributed by atoms with Gasteiger partial charge in [0.15, 0.2) is 0 Å². The third kappa shape index (κ3) is 2.13. The van der Waals surface area contributed by atoms with Crippen LogP contribution in [0.4, 0.5) is 5.82 Å². The average Bonchev–Trinajstić information content (AvgIpc) is 3.21. The molecule has 5 heteroatoms. The predicted octanol–water partition coefficient (Wildman–Crippen LogP) is 2.31. The Morgan fingerprint density at radius 1 is 1.41 bits per heavy atom. The van der Waals surface area contributed by atoms with Crippen LogP contribution in [0.5, 0.6) is 5.75 Å². The number of carbonyl (C=O) groups is 1. The Bertz CT molecular complexity index is 738. The highest BCUT2D eigenvalue weighted by Crippen LogP contribution is 2.32. The summed E-state index contributed by atoms with van der Waals surface area (Å²) in [4.78, 5) is 19.1. The van der Waals surface area contributed by atoms with Crippen molar-refractivity contribution in [2.75, 3.05) is 25.2 Å². The van der Waals surface area contributed by atoms with Crippen molar-refractivity contribution in [3.8, 4) is 5.75 Å². The lowest BCUT2D eigenvalue weighted by Crippen LogP contribution is -2.38. The molecule has 4 rings (SSSR count). The second kappa shape index (κ2) is 5.25. The van der Waals surface area contributed by atoms with Gasteiger partial charge in [-0.15, -0.1) is 0 Å². The number of methoxy groups -OCH3 is 1. The van der Waals surface area contributed by atoms with Crippen molar-refractivity contribution in [3.63, 3.8) is 0 Å². The van der Waals surface area contributed by atoms with Crippen LogP contribution in [0.15, 0.2) is 24.3 Å². The lowest BCUT2D eigenvalue weighted by molar-refractivity contribution is -0.127. The molecule has 0 bridgehead atoms. The van der Waals surface area contributed by atoms with Crippen molar-refractivity contribution in [1.82, 2.24) is 4.98 Å². The summed E-state index contributed by atoms with van der Waals surface area (Å²) in [7, 11) is 1.64. The van der Waals surface area contributed by atoms with Gasteiger partial charge in [0.1, 0.15) is 17.7 Å². The number of fused-ring (bicyclic) bond motifs is 2. The molecule has 1 fully saturated rings. The normalized spacial score (nSPS) is 20.4. The number of ether oxygens (including phenoxy) is 2. The SMILES string of the molecule is COc1ccc2cc3c(nc2c1)N(C(=O)C1CCCO1)CC3. The fourth-order valence-electron chi connectivity index (χ4n) is 3.22. The van der Waals surface area contributed by atoms with Gasteiger partial charge in [-0.05, 0) is 43.0 Å². The van der Waals surface area contributed by atoms with Crippen LogP contribution in [0.1, 0.15) is 18.4 Å². The molecule has 1 unspecified atom stereocenters. The molecular formula is C17H18N2O3. The van der Waals surface area contributed by atoms with E-state index in [0.717, 1.165) is 47.3 Å². The van der Waals surface area contributed by atoms with E-state index in [4.69, 9.17) is 14.5 Å². The van der Waals surface area contributed by atoms with Crippen molar-refractivity contribution in [1.29, 1.82) is 0 Å². The molecule has 0 radical (unpaired) electrons. The summed E-state index contributed by atoms with van der Waals surface area (Å²) in [6.45, 7) is 1.37. The van der Waals surface area contributed by atoms with E-state index in [-0.39, 0.29) is 12.0 Å². The zero-order valence-electron chi connectivity index (χ0n) is 12.5. The number of rotatable bonds is 2. The molecule has 1 amide bonds. The minimum Gasteiger partial charge on any atom is -0.497 e. The van der Waals surface area contributed by atoms with Gasteiger partial charge in [-0.25, -0.2) is 4.98 Å². The Morgan fingerprint density at radius 2 is 2.32 bits per heavy atom. The number of hydrogen-bond acceptors (Lipinski definition) is 4. The number of amides is 1. The summed E-state index contributed by atoms with van der Waals surface area (Å²) in [5, 5.41) is 1.07. The third-order valence-corrected chi connectivity index (χ3v) is 4.41. The molecule has 0 spiro atoms. The highest BCUT2D eigenvalue weighted by Gasteiger charge is 2.33. The van der Waals surface area contributed by atoms with E-state index in [0.29, 0.717) is 13.2 Å². The van der Waals surface area contributed by atoms with Crippen LogP contribution in [-0.4, -0.2) is 37.3 Å². The maximum absolute atomic E-state index is 12.6. The first-order valence-corrected chi connectivity index (χ1v) is 7.67. The molecular weight excluding hydrogens is 280 g/mol. The van der Waals surface area contributed by atoms with Gasteiger partial charge < -0.3 is 9.47 Å². The Kier molecular flexibility index (Phi) is 3.22. The van der Waals surface area contributed by atoms with E-state index in [9.17, 15) is 4.79 Å². The molecule has 2 aromatic rings. The smallest absolute Gasteiger partial charge is 0.257 e. The number of hydrogen-bond donors (Lipinski definition) is 0. The molecule has 22 heavy (non-hydrogen) atoms. The van der Waals surface area contributed by atoms with Gasteiger partial charge in [-0.3, -0.25) is 9.69 Å². The van der Waals surface area contributed by atoms with E-state index < -0.39 is 0 Å². The van der Waals surface area contributed by atoms with Crippen molar-refractivity contribution in [2.24, 2.45) is 0 Å². The summed E-state index contributed by atoms with van der Waals surface area (Å²) < 4.78 is 10.8. The van der Waals surface area contributed by atoms with Crippen LogP contribution in [0.25, 0.3) is 10.9 Å². The minimum atomic E-state index is -0.297. The lowest BCUT2D eigenvalue weighted by Gasteiger charge is -2.20. The lowest BCUT2D eigenvalue weighted by atomic mass is 10.1. The molecule has 0 saturated carbocycles. The van der Waals surface area contributed by atoms with Crippen molar-refractivity contribution >= 4 is 22.6 Å². The number of anilines is 1. The van der Waals surface area contributed by atoms with Crippen LogP contribution < -0.4 is 9.64 Å². The Morgan fingerprint density at radius 3 is 3.09 bits per heavy atom. The number of benzene rings is 1. The van der Waals surface area contributed by atoms with Crippen LogP contribution in [0.3, 0.4) is 0 Å². The molecule has 1 saturated heterocycles. The topological polar surface area (TPSA) is 51.7 Å². The number of carbonyl (C=O) groups excluding carboxylic acids is 1. The fourth-order valence-corrected chi connectivity index (χ4v) is 3.22. The molecule has 2 aliphatic rings. The summed E-state index contributed by atoms with van der Waals surface area (Å²) in [5.74, 6) is 1.60. The highest BCUT2D eigenvalue weighted by atomic mass is 16.5. The molecule has 5 nitrogen and oxygen atoms in total. The summed E-state index contributed by atoms with van der Waals surface area (Å²) in [6, 6.07) is 7.97. The number of nitrogens with zero attached hydrogens (tertiary/aromatic N) is 2. The molecule has 2 aliphatic heterocycles. The Labute approximate surface area is 128 Å². The van der Waals surface area contributed by atoms with Crippen molar-refractivity contribution in [3.05, 3.63) is 29.8 Å². The second-order valence-electron chi connectivity index (χ2n) is 5.77. The van der Waals surface area contributed by atoms with Crippen molar-refractivity contribution < 1.29 is 14.3 Å². The van der Waals surface area contributed by atoms with E-state index >= 15 is 0 Å². The van der Waals surface area contributed by atoms with Crippen LogP contribution in [-0.2, 0) is 16.0 Å². The Hall–Kier alpha value is -2.14. The summed E-state index contributed by atoms with van der Waals surface area (Å²) in [5.41, 5.74) is 1.98. The minimum absolute atomic E-state index is 0.0472. The number of pyridine rings is 1. The van der Waals surface area contributed by atoms with Gasteiger partial charge in [0.05, 0.1) is 12.6 Å². The van der Waals surface area contributed by atoms with E-state index in [1.165, 1.54) is 0 Å². The summed E-state index contributed by atoms with van der Waals surface area (Å²) >= 11 is 0. The van der Waals surface area contributed by atoms with Gasteiger partial charge >= 0.3 is 0 Å². The molecule has 3 heterocycles. The van der Waals surface area contributed by atoms with E-state index in [1.807, 2.05) is 18.2 Å². The molecule has 0 aliphatic carbocycles.